The van der Waals surface area contributed by atoms with Gasteiger partial charge in [0.05, 0.1) is 5.41 Å². The molecule has 1 aromatic heterocycles. The number of aromatic nitrogens is 1. The standard InChI is InChI=1S/C17H19FN2O3/c1-10(2)17(16(22)23)6-7-20(9-17)15(21)14-8-11-12(18)4-3-5-13(11)19-14/h3-5,8,10,19H,6-7,9H2,1-2H3,(H,22,23). The molecular weight excluding hydrogens is 299 g/mol. The summed E-state index contributed by atoms with van der Waals surface area (Å²) in [6.07, 6.45) is 0.431. The van der Waals surface area contributed by atoms with E-state index in [9.17, 15) is 19.1 Å². The molecule has 2 aromatic rings. The molecule has 0 bridgehead atoms. The third-order valence-corrected chi connectivity index (χ3v) is 4.96. The first-order valence-electron chi connectivity index (χ1n) is 7.65. The highest BCUT2D eigenvalue weighted by Crippen LogP contribution is 2.38. The van der Waals surface area contributed by atoms with Crippen LogP contribution in [-0.2, 0) is 4.79 Å². The molecular formula is C17H19FN2O3. The van der Waals surface area contributed by atoms with Crippen molar-refractivity contribution in [2.45, 2.75) is 20.3 Å². The van der Waals surface area contributed by atoms with Crippen LogP contribution in [0.4, 0.5) is 4.39 Å². The number of carboxylic acids is 1. The van der Waals surface area contributed by atoms with Gasteiger partial charge < -0.3 is 15.0 Å². The zero-order valence-electron chi connectivity index (χ0n) is 13.1. The topological polar surface area (TPSA) is 73.4 Å². The fourth-order valence-corrected chi connectivity index (χ4v) is 3.30. The summed E-state index contributed by atoms with van der Waals surface area (Å²) in [5.74, 6) is -1.62. The number of H-pyrrole nitrogens is 1. The molecule has 2 heterocycles. The molecule has 1 amide bonds. The van der Waals surface area contributed by atoms with Gasteiger partial charge in [-0.25, -0.2) is 4.39 Å². The first kappa shape index (κ1) is 15.5. The largest absolute Gasteiger partial charge is 0.481 e. The zero-order valence-corrected chi connectivity index (χ0v) is 13.1. The van der Waals surface area contributed by atoms with Crippen LogP contribution >= 0.6 is 0 Å². The molecule has 122 valence electrons. The molecule has 1 aliphatic heterocycles. The fourth-order valence-electron chi connectivity index (χ4n) is 3.30. The van der Waals surface area contributed by atoms with Gasteiger partial charge in [0.15, 0.2) is 0 Å². The third kappa shape index (κ3) is 2.38. The number of carboxylic acid groups (broad SMARTS) is 1. The normalized spacial score (nSPS) is 21.3. The van der Waals surface area contributed by atoms with E-state index in [1.165, 1.54) is 17.0 Å². The summed E-state index contributed by atoms with van der Waals surface area (Å²) in [7, 11) is 0. The number of nitrogens with one attached hydrogen (secondary N) is 1. The number of aliphatic carboxylic acids is 1. The van der Waals surface area contributed by atoms with Gasteiger partial charge in [-0.1, -0.05) is 19.9 Å². The summed E-state index contributed by atoms with van der Waals surface area (Å²) in [6, 6.07) is 6.11. The van der Waals surface area contributed by atoms with E-state index >= 15 is 0 Å². The Hall–Kier alpha value is -2.37. The Morgan fingerprint density at radius 2 is 2.13 bits per heavy atom. The molecule has 1 saturated heterocycles. The van der Waals surface area contributed by atoms with Gasteiger partial charge in [0.2, 0.25) is 0 Å². The predicted molar refractivity (Wildman–Crippen MR) is 83.7 cm³/mol. The molecule has 6 heteroatoms. The van der Waals surface area contributed by atoms with E-state index < -0.39 is 11.4 Å². The number of amides is 1. The number of rotatable bonds is 3. The molecule has 1 unspecified atom stereocenters. The van der Waals surface area contributed by atoms with Crippen LogP contribution in [0.1, 0.15) is 30.8 Å². The number of hydrogen-bond acceptors (Lipinski definition) is 2. The molecule has 5 nitrogen and oxygen atoms in total. The molecule has 0 radical (unpaired) electrons. The molecule has 0 spiro atoms. The van der Waals surface area contributed by atoms with E-state index in [0.29, 0.717) is 23.9 Å². The summed E-state index contributed by atoms with van der Waals surface area (Å²) >= 11 is 0. The summed E-state index contributed by atoms with van der Waals surface area (Å²) in [4.78, 5) is 28.8. The van der Waals surface area contributed by atoms with Crippen LogP contribution in [0, 0.1) is 17.2 Å². The van der Waals surface area contributed by atoms with Crippen LogP contribution in [0.2, 0.25) is 0 Å². The van der Waals surface area contributed by atoms with Crippen molar-refractivity contribution in [1.29, 1.82) is 0 Å². The SMILES string of the molecule is CC(C)C1(C(=O)O)CCN(C(=O)c2cc3c(F)cccc3[nH]2)C1. The molecule has 23 heavy (non-hydrogen) atoms. The highest BCUT2D eigenvalue weighted by atomic mass is 19.1. The minimum atomic E-state index is -0.910. The Labute approximate surface area is 133 Å². The van der Waals surface area contributed by atoms with Crippen LogP contribution < -0.4 is 0 Å². The Kier molecular flexibility index (Phi) is 3.62. The maximum Gasteiger partial charge on any atom is 0.311 e. The van der Waals surface area contributed by atoms with Crippen molar-refractivity contribution in [2.75, 3.05) is 13.1 Å². The van der Waals surface area contributed by atoms with Crippen LogP contribution in [-0.4, -0.2) is 40.0 Å². The van der Waals surface area contributed by atoms with E-state index in [1.54, 1.807) is 12.1 Å². The summed E-state index contributed by atoms with van der Waals surface area (Å²) in [5, 5.41) is 9.92. The van der Waals surface area contributed by atoms with Crippen molar-refractivity contribution in [1.82, 2.24) is 9.88 Å². The van der Waals surface area contributed by atoms with Gasteiger partial charge in [-0.05, 0) is 30.5 Å². The van der Waals surface area contributed by atoms with E-state index in [-0.39, 0.29) is 29.9 Å². The minimum Gasteiger partial charge on any atom is -0.481 e. The van der Waals surface area contributed by atoms with Crippen molar-refractivity contribution in [2.24, 2.45) is 11.3 Å². The predicted octanol–water partition coefficient (Wildman–Crippen LogP) is 2.88. The Bertz CT molecular complexity index is 783. The molecule has 3 rings (SSSR count). The van der Waals surface area contributed by atoms with Gasteiger partial charge >= 0.3 is 5.97 Å². The Morgan fingerprint density at radius 3 is 2.70 bits per heavy atom. The quantitative estimate of drug-likeness (QED) is 0.914. The minimum absolute atomic E-state index is 0.0713. The smallest absolute Gasteiger partial charge is 0.311 e. The van der Waals surface area contributed by atoms with Gasteiger partial charge in [-0.2, -0.15) is 0 Å². The lowest BCUT2D eigenvalue weighted by Crippen LogP contribution is -2.40. The average molecular weight is 318 g/mol. The van der Waals surface area contributed by atoms with Gasteiger partial charge in [-0.15, -0.1) is 0 Å². The van der Waals surface area contributed by atoms with Gasteiger partial charge in [-0.3, -0.25) is 9.59 Å². The van der Waals surface area contributed by atoms with E-state index in [2.05, 4.69) is 4.98 Å². The van der Waals surface area contributed by atoms with Crippen molar-refractivity contribution < 1.29 is 19.1 Å². The third-order valence-electron chi connectivity index (χ3n) is 4.96. The molecule has 2 N–H and O–H groups in total. The van der Waals surface area contributed by atoms with E-state index in [4.69, 9.17) is 0 Å². The lowest BCUT2D eigenvalue weighted by molar-refractivity contribution is -0.150. The van der Waals surface area contributed by atoms with Crippen LogP contribution in [0.15, 0.2) is 24.3 Å². The first-order valence-corrected chi connectivity index (χ1v) is 7.65. The second-order valence-corrected chi connectivity index (χ2v) is 6.48. The molecule has 1 fully saturated rings. The highest BCUT2D eigenvalue weighted by Gasteiger charge is 2.48. The maximum atomic E-state index is 13.8. The van der Waals surface area contributed by atoms with Gasteiger partial charge in [0.1, 0.15) is 11.5 Å². The monoisotopic (exact) mass is 318 g/mol. The average Bonchev–Trinajstić information content (AvgIpc) is 3.12. The number of nitrogens with zero attached hydrogens (tertiary/aromatic N) is 1. The highest BCUT2D eigenvalue weighted by molar-refractivity contribution is 5.98. The lowest BCUT2D eigenvalue weighted by Gasteiger charge is -2.28. The molecule has 1 aromatic carbocycles. The molecule has 1 atom stereocenters. The summed E-state index contributed by atoms with van der Waals surface area (Å²) in [5.41, 5.74) is -0.0663. The van der Waals surface area contributed by atoms with Crippen LogP contribution in [0.3, 0.4) is 0 Å². The van der Waals surface area contributed by atoms with Gasteiger partial charge in [0.25, 0.3) is 5.91 Å². The Balaban J connectivity index is 1.89. The first-order chi connectivity index (χ1) is 10.8. The van der Waals surface area contributed by atoms with Gasteiger partial charge in [0, 0.05) is 24.0 Å². The zero-order chi connectivity index (χ0) is 16.8. The van der Waals surface area contributed by atoms with Crippen molar-refractivity contribution in [3.8, 4) is 0 Å². The number of carbonyl (C=O) groups is 2. The molecule has 0 saturated carbocycles. The number of likely N-dealkylation sites (tertiary alicyclic amines) is 1. The lowest BCUT2D eigenvalue weighted by atomic mass is 9.76. The summed E-state index contributed by atoms with van der Waals surface area (Å²) in [6.45, 7) is 4.29. The van der Waals surface area contributed by atoms with Crippen LogP contribution in [0.25, 0.3) is 10.9 Å². The number of halogens is 1. The fraction of sp³-hybridized carbons (Fsp3) is 0.412. The van der Waals surface area contributed by atoms with Crippen molar-refractivity contribution >= 4 is 22.8 Å². The number of fused-ring (bicyclic) bond motifs is 1. The second-order valence-electron chi connectivity index (χ2n) is 6.48. The number of aromatic amines is 1. The second kappa shape index (κ2) is 5.37. The number of benzene rings is 1. The van der Waals surface area contributed by atoms with Crippen molar-refractivity contribution in [3.05, 3.63) is 35.8 Å². The van der Waals surface area contributed by atoms with Crippen LogP contribution in [0.5, 0.6) is 0 Å². The van der Waals surface area contributed by atoms with E-state index in [1.807, 2.05) is 13.8 Å². The molecule has 0 aliphatic carbocycles. The van der Waals surface area contributed by atoms with E-state index in [0.717, 1.165) is 0 Å². The number of hydrogen-bond donors (Lipinski definition) is 2. The van der Waals surface area contributed by atoms with Crippen molar-refractivity contribution in [3.63, 3.8) is 0 Å². The maximum absolute atomic E-state index is 13.8. The number of carbonyl (C=O) groups excluding carboxylic acids is 1. The summed E-state index contributed by atoms with van der Waals surface area (Å²) < 4.78 is 13.8. The molecule has 1 aliphatic rings. The Morgan fingerprint density at radius 1 is 1.39 bits per heavy atom.